The van der Waals surface area contributed by atoms with E-state index in [0.29, 0.717) is 0 Å². The van der Waals surface area contributed by atoms with Gasteiger partial charge in [-0.1, -0.05) is 19.9 Å². The Kier molecular flexibility index (Phi) is 5.80. The van der Waals surface area contributed by atoms with Crippen LogP contribution in [0.15, 0.2) is 18.3 Å². The average Bonchev–Trinajstić information content (AvgIpc) is 2.91. The van der Waals surface area contributed by atoms with Crippen LogP contribution in [0.5, 0.6) is 0 Å². The van der Waals surface area contributed by atoms with E-state index < -0.39 is 0 Å². The van der Waals surface area contributed by atoms with Crippen molar-refractivity contribution < 1.29 is 0 Å². The van der Waals surface area contributed by atoms with Crippen molar-refractivity contribution in [3.05, 3.63) is 23.9 Å². The van der Waals surface area contributed by atoms with Gasteiger partial charge in [0.1, 0.15) is 5.82 Å². The molecule has 2 rings (SSSR count). The van der Waals surface area contributed by atoms with Gasteiger partial charge in [0.2, 0.25) is 0 Å². The molecular weight excluding hydrogens is 248 g/mol. The highest BCUT2D eigenvalue weighted by atomic mass is 15.2. The predicted molar refractivity (Wildman–Crippen MR) is 85.0 cm³/mol. The molecule has 4 heteroatoms. The first kappa shape index (κ1) is 15.3. The Labute approximate surface area is 123 Å². The SMILES string of the molecule is CCNc1ncccc1CN1CCC(N(CC)CC)C1. The highest BCUT2D eigenvalue weighted by Crippen LogP contribution is 2.20. The molecule has 1 N–H and O–H groups in total. The number of nitrogens with zero attached hydrogens (tertiary/aromatic N) is 3. The molecule has 0 aliphatic carbocycles. The first-order chi connectivity index (χ1) is 9.78. The molecule has 0 amide bonds. The third-order valence-corrected chi connectivity index (χ3v) is 4.21. The largest absolute Gasteiger partial charge is 0.370 e. The van der Waals surface area contributed by atoms with E-state index >= 15 is 0 Å². The van der Waals surface area contributed by atoms with Crippen LogP contribution < -0.4 is 5.32 Å². The predicted octanol–water partition coefficient (Wildman–Crippen LogP) is 2.43. The van der Waals surface area contributed by atoms with Crippen LogP contribution in [0, 0.1) is 0 Å². The minimum atomic E-state index is 0.726. The Balaban J connectivity index is 1.95. The molecule has 0 bridgehead atoms. The molecule has 0 saturated carbocycles. The maximum absolute atomic E-state index is 4.45. The molecule has 0 aromatic carbocycles. The van der Waals surface area contributed by atoms with Gasteiger partial charge in [0, 0.05) is 44.0 Å². The molecule has 4 nitrogen and oxygen atoms in total. The topological polar surface area (TPSA) is 31.4 Å². The molecule has 1 unspecified atom stereocenters. The van der Waals surface area contributed by atoms with Gasteiger partial charge < -0.3 is 5.32 Å². The number of aromatic nitrogens is 1. The van der Waals surface area contributed by atoms with Crippen LogP contribution >= 0.6 is 0 Å². The van der Waals surface area contributed by atoms with Crippen LogP contribution in [0.3, 0.4) is 0 Å². The maximum atomic E-state index is 4.45. The summed E-state index contributed by atoms with van der Waals surface area (Å²) in [5, 5.41) is 3.36. The van der Waals surface area contributed by atoms with Crippen molar-refractivity contribution in [2.24, 2.45) is 0 Å². The minimum absolute atomic E-state index is 0.726. The molecule has 1 fully saturated rings. The van der Waals surface area contributed by atoms with E-state index in [9.17, 15) is 0 Å². The Morgan fingerprint density at radius 3 is 2.85 bits per heavy atom. The number of nitrogens with one attached hydrogen (secondary N) is 1. The molecular formula is C16H28N4. The average molecular weight is 276 g/mol. The normalized spacial score (nSPS) is 19.7. The number of hydrogen-bond acceptors (Lipinski definition) is 4. The lowest BCUT2D eigenvalue weighted by atomic mass is 10.2. The van der Waals surface area contributed by atoms with Crippen molar-refractivity contribution in [1.82, 2.24) is 14.8 Å². The second-order valence-corrected chi connectivity index (χ2v) is 5.44. The molecule has 1 atom stereocenters. The zero-order chi connectivity index (χ0) is 14.4. The summed E-state index contributed by atoms with van der Waals surface area (Å²) in [4.78, 5) is 9.58. The van der Waals surface area contributed by atoms with Crippen molar-refractivity contribution in [1.29, 1.82) is 0 Å². The standard InChI is InChI=1S/C16H28N4/c1-4-17-16-14(8-7-10-18-16)12-19-11-9-15(13-19)20(5-2)6-3/h7-8,10,15H,4-6,9,11-13H2,1-3H3,(H,17,18). The Hall–Kier alpha value is -1.13. The minimum Gasteiger partial charge on any atom is -0.370 e. The molecule has 20 heavy (non-hydrogen) atoms. The van der Waals surface area contributed by atoms with Gasteiger partial charge in [-0.3, -0.25) is 9.80 Å². The fourth-order valence-electron chi connectivity index (χ4n) is 3.13. The van der Waals surface area contributed by atoms with E-state index in [1.807, 2.05) is 12.3 Å². The molecule has 0 spiro atoms. The molecule has 1 aliphatic heterocycles. The van der Waals surface area contributed by atoms with Crippen LogP contribution in [0.25, 0.3) is 0 Å². The lowest BCUT2D eigenvalue weighted by Crippen LogP contribution is -2.37. The lowest BCUT2D eigenvalue weighted by Gasteiger charge is -2.26. The first-order valence-electron chi connectivity index (χ1n) is 7.92. The number of pyridine rings is 1. The summed E-state index contributed by atoms with van der Waals surface area (Å²) in [6.07, 6.45) is 3.16. The van der Waals surface area contributed by atoms with Gasteiger partial charge in [-0.25, -0.2) is 4.98 Å². The van der Waals surface area contributed by atoms with Gasteiger partial charge in [-0.2, -0.15) is 0 Å². The number of hydrogen-bond donors (Lipinski definition) is 1. The Morgan fingerprint density at radius 1 is 1.35 bits per heavy atom. The van der Waals surface area contributed by atoms with Gasteiger partial charge >= 0.3 is 0 Å². The second kappa shape index (κ2) is 7.60. The summed E-state index contributed by atoms with van der Waals surface area (Å²) >= 11 is 0. The zero-order valence-electron chi connectivity index (χ0n) is 13.1. The summed E-state index contributed by atoms with van der Waals surface area (Å²) in [6.45, 7) is 13.3. The fraction of sp³-hybridized carbons (Fsp3) is 0.688. The van der Waals surface area contributed by atoms with Gasteiger partial charge in [0.05, 0.1) is 0 Å². The second-order valence-electron chi connectivity index (χ2n) is 5.44. The molecule has 0 radical (unpaired) electrons. The maximum Gasteiger partial charge on any atom is 0.130 e. The van der Waals surface area contributed by atoms with Crippen LogP contribution in [0.1, 0.15) is 32.8 Å². The van der Waals surface area contributed by atoms with Gasteiger partial charge in [-0.05, 0) is 32.5 Å². The van der Waals surface area contributed by atoms with Crippen molar-refractivity contribution in [2.45, 2.75) is 39.8 Å². The third-order valence-electron chi connectivity index (χ3n) is 4.21. The van der Waals surface area contributed by atoms with E-state index in [-0.39, 0.29) is 0 Å². The van der Waals surface area contributed by atoms with Crippen molar-refractivity contribution in [3.8, 4) is 0 Å². The van der Waals surface area contributed by atoms with Crippen LogP contribution in [0.2, 0.25) is 0 Å². The van der Waals surface area contributed by atoms with Gasteiger partial charge in [0.25, 0.3) is 0 Å². The summed E-state index contributed by atoms with van der Waals surface area (Å²) in [5.74, 6) is 1.04. The third kappa shape index (κ3) is 3.70. The monoisotopic (exact) mass is 276 g/mol. The van der Waals surface area contributed by atoms with Gasteiger partial charge in [-0.15, -0.1) is 0 Å². The number of likely N-dealkylation sites (N-methyl/N-ethyl adjacent to an activating group) is 1. The van der Waals surface area contributed by atoms with Gasteiger partial charge in [0.15, 0.2) is 0 Å². The molecule has 112 valence electrons. The fourth-order valence-corrected chi connectivity index (χ4v) is 3.13. The smallest absolute Gasteiger partial charge is 0.130 e. The van der Waals surface area contributed by atoms with Crippen LogP contribution in [0.4, 0.5) is 5.82 Å². The van der Waals surface area contributed by atoms with Crippen LogP contribution in [-0.2, 0) is 6.54 Å². The highest BCUT2D eigenvalue weighted by Gasteiger charge is 2.26. The zero-order valence-corrected chi connectivity index (χ0v) is 13.1. The lowest BCUT2D eigenvalue weighted by molar-refractivity contribution is 0.209. The molecule has 1 aromatic rings. The van der Waals surface area contributed by atoms with E-state index in [2.05, 4.69) is 46.9 Å². The molecule has 2 heterocycles. The van der Waals surface area contributed by atoms with E-state index in [1.165, 1.54) is 25.1 Å². The summed E-state index contributed by atoms with van der Waals surface area (Å²) in [7, 11) is 0. The number of anilines is 1. The number of rotatable bonds is 7. The molecule has 1 saturated heterocycles. The molecule has 1 aromatic heterocycles. The van der Waals surface area contributed by atoms with E-state index in [1.54, 1.807) is 0 Å². The Bertz CT molecular complexity index is 403. The van der Waals surface area contributed by atoms with Crippen molar-refractivity contribution in [2.75, 3.05) is 38.0 Å². The summed E-state index contributed by atoms with van der Waals surface area (Å²) < 4.78 is 0. The Morgan fingerprint density at radius 2 is 2.15 bits per heavy atom. The highest BCUT2D eigenvalue weighted by molar-refractivity contribution is 5.43. The summed E-state index contributed by atoms with van der Waals surface area (Å²) in [5.41, 5.74) is 1.31. The quantitative estimate of drug-likeness (QED) is 0.829. The molecule has 1 aliphatic rings. The van der Waals surface area contributed by atoms with E-state index in [4.69, 9.17) is 0 Å². The van der Waals surface area contributed by atoms with Crippen molar-refractivity contribution >= 4 is 5.82 Å². The van der Waals surface area contributed by atoms with Crippen molar-refractivity contribution in [3.63, 3.8) is 0 Å². The van der Waals surface area contributed by atoms with E-state index in [0.717, 1.165) is 38.0 Å². The number of likely N-dealkylation sites (tertiary alicyclic amines) is 1. The summed E-state index contributed by atoms with van der Waals surface area (Å²) in [6, 6.07) is 4.95. The van der Waals surface area contributed by atoms with Crippen LogP contribution in [-0.4, -0.2) is 53.5 Å². The first-order valence-corrected chi connectivity index (χ1v) is 7.92.